The molecule has 0 saturated heterocycles. The van der Waals surface area contributed by atoms with Crippen molar-refractivity contribution in [2.24, 2.45) is 0 Å². The fourth-order valence-corrected chi connectivity index (χ4v) is 2.98. The molecule has 0 aliphatic heterocycles. The maximum Gasteiger partial charge on any atom is 0.326 e. The minimum absolute atomic E-state index is 0.0457. The van der Waals surface area contributed by atoms with E-state index in [1.54, 1.807) is 0 Å². The van der Waals surface area contributed by atoms with E-state index in [0.29, 0.717) is 0 Å². The van der Waals surface area contributed by atoms with Gasteiger partial charge in [0, 0.05) is 4.83 Å². The summed E-state index contributed by atoms with van der Waals surface area (Å²) in [5.74, 6) is -0.555. The number of carbonyl (C=O) groups is 1. The van der Waals surface area contributed by atoms with Crippen molar-refractivity contribution in [1.29, 1.82) is 0 Å². The summed E-state index contributed by atoms with van der Waals surface area (Å²) in [5.41, 5.74) is 0. The van der Waals surface area contributed by atoms with Crippen LogP contribution in [0.4, 0.5) is 0 Å². The lowest BCUT2D eigenvalue weighted by atomic mass is 10.1. The van der Waals surface area contributed by atoms with Gasteiger partial charge in [0.15, 0.2) is 5.78 Å². The van der Waals surface area contributed by atoms with E-state index in [-0.39, 0.29) is 6.42 Å². The number of hydrogen-bond donors (Lipinski definition) is 3. The first kappa shape index (κ1) is 14.0. The molecule has 0 aromatic carbocycles. The smallest absolute Gasteiger partial charge is 0.326 e. The highest BCUT2D eigenvalue weighted by molar-refractivity contribution is 9.09. The Morgan fingerprint density at radius 1 is 1.57 bits per heavy atom. The second kappa shape index (κ2) is 5.78. The number of halogens is 1. The van der Waals surface area contributed by atoms with Crippen LogP contribution >= 0.6 is 23.5 Å². The van der Waals surface area contributed by atoms with Crippen molar-refractivity contribution in [3.63, 3.8) is 0 Å². The third-order valence-electron chi connectivity index (χ3n) is 1.44. The highest BCUT2D eigenvalue weighted by Gasteiger charge is 2.23. The number of carbonyl (C=O) groups excluding carboxylic acids is 1. The third kappa shape index (κ3) is 6.45. The van der Waals surface area contributed by atoms with Crippen LogP contribution < -0.4 is 0 Å². The quantitative estimate of drug-likeness (QED) is 0.374. The molecule has 0 radical (unpaired) electrons. The molecule has 0 saturated carbocycles. The molecule has 0 spiro atoms. The monoisotopic (exact) mass is 286 g/mol. The molecule has 14 heavy (non-hydrogen) atoms. The number of aliphatic hydroxyl groups is 1. The van der Waals surface area contributed by atoms with E-state index in [0.717, 1.165) is 6.08 Å². The molecular weight excluding hydrogens is 275 g/mol. The Bertz CT molecular complexity index is 261. The zero-order valence-electron chi connectivity index (χ0n) is 7.34. The van der Waals surface area contributed by atoms with Crippen LogP contribution in [0.5, 0.6) is 0 Å². The van der Waals surface area contributed by atoms with E-state index < -0.39 is 30.5 Å². The lowest BCUT2D eigenvalue weighted by molar-refractivity contribution is -0.122. The number of hydrogen-bond acceptors (Lipinski definition) is 3. The molecule has 2 unspecified atom stereocenters. The van der Waals surface area contributed by atoms with E-state index in [2.05, 4.69) is 22.5 Å². The molecule has 3 N–H and O–H groups in total. The molecule has 0 aromatic heterocycles. The Morgan fingerprint density at radius 3 is 2.43 bits per heavy atom. The second-order valence-electron chi connectivity index (χ2n) is 2.80. The first-order chi connectivity index (χ1) is 6.26. The van der Waals surface area contributed by atoms with Crippen LogP contribution in [0, 0.1) is 0 Å². The average molecular weight is 287 g/mol. The Kier molecular flexibility index (Phi) is 5.78. The number of alkyl halides is 1. The Balaban J connectivity index is 4.06. The molecule has 0 bridgehead atoms. The Labute approximate surface area is 90.1 Å². The summed E-state index contributed by atoms with van der Waals surface area (Å²) < 4.78 is 10.5. The summed E-state index contributed by atoms with van der Waals surface area (Å²) in [5, 5.41) is 9.18. The fourth-order valence-electron chi connectivity index (χ4n) is 0.827. The summed E-state index contributed by atoms with van der Waals surface area (Å²) in [6, 6.07) is 0. The van der Waals surface area contributed by atoms with Gasteiger partial charge in [0.25, 0.3) is 0 Å². The molecule has 0 amide bonds. The molecule has 0 aliphatic carbocycles. The molecule has 0 aliphatic rings. The van der Waals surface area contributed by atoms with Crippen LogP contribution in [0.2, 0.25) is 0 Å². The predicted molar refractivity (Wildman–Crippen MR) is 55.5 cm³/mol. The van der Waals surface area contributed by atoms with E-state index >= 15 is 0 Å². The van der Waals surface area contributed by atoms with Crippen LogP contribution in [0.3, 0.4) is 0 Å². The largest absolute Gasteiger partial charge is 0.385 e. The SMILES string of the molecule is C=CC(=O)C(O)CC(Br)CP(=O)(O)O. The molecule has 0 rings (SSSR count). The van der Waals surface area contributed by atoms with Gasteiger partial charge in [-0.05, 0) is 12.5 Å². The maximum absolute atomic E-state index is 10.8. The van der Waals surface area contributed by atoms with Gasteiger partial charge in [-0.3, -0.25) is 9.36 Å². The Morgan fingerprint density at radius 2 is 2.07 bits per heavy atom. The van der Waals surface area contributed by atoms with Crippen molar-refractivity contribution < 1.29 is 24.3 Å². The van der Waals surface area contributed by atoms with E-state index in [1.807, 2.05) is 0 Å². The van der Waals surface area contributed by atoms with Gasteiger partial charge in [-0.1, -0.05) is 22.5 Å². The molecule has 2 atom stereocenters. The molecular formula is C7H12BrO5P. The zero-order chi connectivity index (χ0) is 11.4. The van der Waals surface area contributed by atoms with Crippen LogP contribution in [-0.4, -0.2) is 37.8 Å². The van der Waals surface area contributed by atoms with Gasteiger partial charge in [0.2, 0.25) is 0 Å². The average Bonchev–Trinajstić information content (AvgIpc) is 1.99. The van der Waals surface area contributed by atoms with E-state index in [9.17, 15) is 14.5 Å². The van der Waals surface area contributed by atoms with Crippen molar-refractivity contribution in [3.8, 4) is 0 Å². The van der Waals surface area contributed by atoms with Gasteiger partial charge < -0.3 is 14.9 Å². The molecule has 82 valence electrons. The maximum atomic E-state index is 10.8. The summed E-state index contributed by atoms with van der Waals surface area (Å²) in [4.78, 5) is 27.4. The van der Waals surface area contributed by atoms with Crippen molar-refractivity contribution >= 4 is 29.3 Å². The summed E-state index contributed by atoms with van der Waals surface area (Å²) in [6.07, 6.45) is -0.741. The summed E-state index contributed by atoms with van der Waals surface area (Å²) >= 11 is 2.97. The topological polar surface area (TPSA) is 94.8 Å². The predicted octanol–water partition coefficient (Wildman–Crippen LogP) is 0.434. The van der Waals surface area contributed by atoms with Crippen LogP contribution in [0.25, 0.3) is 0 Å². The van der Waals surface area contributed by atoms with Gasteiger partial charge in [0.1, 0.15) is 6.10 Å². The van der Waals surface area contributed by atoms with Crippen LogP contribution in [0.15, 0.2) is 12.7 Å². The van der Waals surface area contributed by atoms with Crippen LogP contribution in [0.1, 0.15) is 6.42 Å². The lowest BCUT2D eigenvalue weighted by Crippen LogP contribution is -2.23. The standard InChI is InChI=1S/C7H12BrO5P/c1-2-6(9)7(10)3-5(8)4-14(11,12)13/h2,5,7,10H,1,3-4H2,(H2,11,12,13). The van der Waals surface area contributed by atoms with Gasteiger partial charge in [-0.25, -0.2) is 0 Å². The lowest BCUT2D eigenvalue weighted by Gasteiger charge is -2.13. The minimum Gasteiger partial charge on any atom is -0.385 e. The number of aliphatic hydroxyl groups excluding tert-OH is 1. The molecule has 0 heterocycles. The highest BCUT2D eigenvalue weighted by atomic mass is 79.9. The van der Waals surface area contributed by atoms with Crippen molar-refractivity contribution in [2.45, 2.75) is 17.4 Å². The van der Waals surface area contributed by atoms with Crippen molar-refractivity contribution in [1.82, 2.24) is 0 Å². The highest BCUT2D eigenvalue weighted by Crippen LogP contribution is 2.37. The second-order valence-corrected chi connectivity index (χ2v) is 5.79. The first-order valence-corrected chi connectivity index (χ1v) is 6.50. The molecule has 0 fully saturated rings. The normalized spacial score (nSPS) is 16.0. The number of rotatable bonds is 6. The van der Waals surface area contributed by atoms with E-state index in [1.165, 1.54) is 0 Å². The fraction of sp³-hybridized carbons (Fsp3) is 0.571. The Hall–Kier alpha value is -0.000000000000000153. The van der Waals surface area contributed by atoms with Gasteiger partial charge in [-0.15, -0.1) is 0 Å². The van der Waals surface area contributed by atoms with Gasteiger partial charge in [-0.2, -0.15) is 0 Å². The van der Waals surface area contributed by atoms with Gasteiger partial charge in [0.05, 0.1) is 6.16 Å². The molecule has 5 nitrogen and oxygen atoms in total. The summed E-state index contributed by atoms with van der Waals surface area (Å²) in [7, 11) is -4.11. The van der Waals surface area contributed by atoms with Crippen LogP contribution in [-0.2, 0) is 9.36 Å². The zero-order valence-corrected chi connectivity index (χ0v) is 9.82. The van der Waals surface area contributed by atoms with Crippen molar-refractivity contribution in [3.05, 3.63) is 12.7 Å². The molecule has 7 heteroatoms. The van der Waals surface area contributed by atoms with Crippen molar-refractivity contribution in [2.75, 3.05) is 6.16 Å². The minimum atomic E-state index is -4.11. The number of ketones is 1. The van der Waals surface area contributed by atoms with Gasteiger partial charge >= 0.3 is 7.60 Å². The molecule has 0 aromatic rings. The third-order valence-corrected chi connectivity index (χ3v) is 3.56. The summed E-state index contributed by atoms with van der Waals surface area (Å²) in [6.45, 7) is 3.19. The first-order valence-electron chi connectivity index (χ1n) is 3.79. The van der Waals surface area contributed by atoms with E-state index in [4.69, 9.17) is 9.79 Å².